The predicted molar refractivity (Wildman–Crippen MR) is 97.0 cm³/mol. The number of aromatic hydroxyl groups is 1. The van der Waals surface area contributed by atoms with E-state index in [9.17, 15) is 9.90 Å². The van der Waals surface area contributed by atoms with E-state index in [0.29, 0.717) is 30.1 Å². The number of ether oxygens (including phenoxy) is 5. The molecular formula is C21H20O7. The van der Waals surface area contributed by atoms with Crippen molar-refractivity contribution < 1.29 is 33.6 Å². The van der Waals surface area contributed by atoms with Gasteiger partial charge in [-0.15, -0.1) is 0 Å². The smallest absolute Gasteiger partial charge is 0.309 e. The molecule has 0 amide bonds. The first-order chi connectivity index (χ1) is 13.6. The first-order valence-corrected chi connectivity index (χ1v) is 9.18. The second kappa shape index (κ2) is 6.22. The monoisotopic (exact) mass is 384 g/mol. The zero-order chi connectivity index (χ0) is 19.4. The second-order valence-corrected chi connectivity index (χ2v) is 7.31. The summed E-state index contributed by atoms with van der Waals surface area (Å²) in [7, 11) is 2.94. The number of phenolic OH excluding ortho intramolecular Hbond substituents is 1. The van der Waals surface area contributed by atoms with Crippen LogP contribution in [0.25, 0.3) is 0 Å². The van der Waals surface area contributed by atoms with Gasteiger partial charge in [-0.2, -0.15) is 0 Å². The largest absolute Gasteiger partial charge is 0.502 e. The topological polar surface area (TPSA) is 83.5 Å². The molecule has 2 aromatic carbocycles. The fourth-order valence-corrected chi connectivity index (χ4v) is 4.22. The maximum Gasteiger partial charge on any atom is 0.309 e. The van der Waals surface area contributed by atoms with E-state index in [1.54, 1.807) is 12.1 Å². The first-order valence-electron chi connectivity index (χ1n) is 9.18. The Kier molecular flexibility index (Phi) is 3.79. The van der Waals surface area contributed by atoms with Crippen LogP contribution in [0.2, 0.25) is 0 Å². The summed E-state index contributed by atoms with van der Waals surface area (Å²) >= 11 is 0. The molecule has 1 saturated heterocycles. The Morgan fingerprint density at radius 1 is 0.964 bits per heavy atom. The fourth-order valence-electron chi connectivity index (χ4n) is 4.22. The van der Waals surface area contributed by atoms with Gasteiger partial charge in [-0.3, -0.25) is 4.79 Å². The second-order valence-electron chi connectivity index (χ2n) is 7.31. The summed E-state index contributed by atoms with van der Waals surface area (Å²) in [6, 6.07) is 7.28. The van der Waals surface area contributed by atoms with Crippen LogP contribution < -0.4 is 18.9 Å². The van der Waals surface area contributed by atoms with Gasteiger partial charge in [0.25, 0.3) is 6.29 Å². The molecule has 3 atom stereocenters. The molecule has 3 aliphatic rings. The molecule has 0 bridgehead atoms. The third kappa shape index (κ3) is 2.53. The number of hydrogen-bond donors (Lipinski definition) is 1. The fraction of sp³-hybridized carbons (Fsp3) is 0.381. The summed E-state index contributed by atoms with van der Waals surface area (Å²) in [5, 5.41) is 10.1. The lowest BCUT2D eigenvalue weighted by Crippen LogP contribution is -2.25. The molecule has 3 unspecified atom stereocenters. The van der Waals surface area contributed by atoms with Crippen LogP contribution in [0.3, 0.4) is 0 Å². The molecule has 2 heterocycles. The van der Waals surface area contributed by atoms with Crippen LogP contribution in [0.5, 0.6) is 28.7 Å². The highest BCUT2D eigenvalue weighted by molar-refractivity contribution is 5.76. The van der Waals surface area contributed by atoms with Crippen LogP contribution in [-0.2, 0) is 22.4 Å². The van der Waals surface area contributed by atoms with Gasteiger partial charge in [-0.05, 0) is 48.2 Å². The summed E-state index contributed by atoms with van der Waals surface area (Å²) in [5.41, 5.74) is 2.94. The van der Waals surface area contributed by atoms with Crippen molar-refractivity contribution in [1.29, 1.82) is 0 Å². The summed E-state index contributed by atoms with van der Waals surface area (Å²) < 4.78 is 27.7. The molecule has 0 saturated carbocycles. The van der Waals surface area contributed by atoms with Crippen LogP contribution >= 0.6 is 0 Å². The molecule has 2 aromatic rings. The van der Waals surface area contributed by atoms with Crippen molar-refractivity contribution in [3.8, 4) is 28.7 Å². The zero-order valence-corrected chi connectivity index (χ0v) is 15.6. The minimum absolute atomic E-state index is 0.0608. The van der Waals surface area contributed by atoms with Crippen molar-refractivity contribution in [2.24, 2.45) is 11.8 Å². The minimum atomic E-state index is -0.674. The van der Waals surface area contributed by atoms with E-state index < -0.39 is 6.29 Å². The molecule has 7 heteroatoms. The number of carbonyl (C=O) groups is 1. The highest BCUT2D eigenvalue weighted by atomic mass is 16.7. The Hall–Kier alpha value is -3.09. The van der Waals surface area contributed by atoms with Crippen molar-refractivity contribution in [3.63, 3.8) is 0 Å². The number of methoxy groups -OCH3 is 2. The van der Waals surface area contributed by atoms with Gasteiger partial charge in [0, 0.05) is 11.5 Å². The van der Waals surface area contributed by atoms with E-state index in [4.69, 9.17) is 23.7 Å². The highest BCUT2D eigenvalue weighted by Crippen LogP contribution is 2.47. The van der Waals surface area contributed by atoms with Gasteiger partial charge in [0.15, 0.2) is 23.0 Å². The third-order valence-electron chi connectivity index (χ3n) is 5.74. The molecule has 28 heavy (non-hydrogen) atoms. The van der Waals surface area contributed by atoms with Gasteiger partial charge >= 0.3 is 5.97 Å². The number of rotatable bonds is 3. The van der Waals surface area contributed by atoms with E-state index >= 15 is 0 Å². The summed E-state index contributed by atoms with van der Waals surface area (Å²) in [4.78, 5) is 11.9. The number of carbonyl (C=O) groups excluding carboxylic acids is 1. The first kappa shape index (κ1) is 17.0. The number of esters is 1. The van der Waals surface area contributed by atoms with Crippen molar-refractivity contribution in [3.05, 3.63) is 41.0 Å². The lowest BCUT2D eigenvalue weighted by Gasteiger charge is -2.24. The average Bonchev–Trinajstić information content (AvgIpc) is 3.28. The Morgan fingerprint density at radius 2 is 1.57 bits per heavy atom. The van der Waals surface area contributed by atoms with Gasteiger partial charge in [0.2, 0.25) is 5.75 Å². The van der Waals surface area contributed by atoms with E-state index in [1.807, 2.05) is 12.1 Å². The zero-order valence-electron chi connectivity index (χ0n) is 15.6. The van der Waals surface area contributed by atoms with Crippen LogP contribution in [0.4, 0.5) is 0 Å². The van der Waals surface area contributed by atoms with Crippen LogP contribution in [0.15, 0.2) is 24.3 Å². The van der Waals surface area contributed by atoms with Crippen molar-refractivity contribution >= 4 is 5.97 Å². The Morgan fingerprint density at radius 3 is 2.18 bits per heavy atom. The van der Waals surface area contributed by atoms with Crippen LogP contribution in [0.1, 0.15) is 23.0 Å². The molecule has 146 valence electrons. The Balaban J connectivity index is 1.45. The predicted octanol–water partition coefficient (Wildman–Crippen LogP) is 2.77. The Labute approximate surface area is 161 Å². The molecule has 0 radical (unpaired) electrons. The van der Waals surface area contributed by atoms with Gasteiger partial charge < -0.3 is 28.8 Å². The lowest BCUT2D eigenvalue weighted by molar-refractivity contribution is -0.141. The minimum Gasteiger partial charge on any atom is -0.502 e. The van der Waals surface area contributed by atoms with Gasteiger partial charge in [-0.25, -0.2) is 0 Å². The molecular weight excluding hydrogens is 364 g/mol. The number of hydrogen-bond acceptors (Lipinski definition) is 7. The molecule has 2 aliphatic heterocycles. The Bertz CT molecular complexity index is 942. The molecule has 1 fully saturated rings. The summed E-state index contributed by atoms with van der Waals surface area (Å²) in [6.45, 7) is 0.493. The van der Waals surface area contributed by atoms with E-state index in [0.717, 1.165) is 12.0 Å². The molecule has 0 spiro atoms. The number of fused-ring (bicyclic) bond motifs is 3. The lowest BCUT2D eigenvalue weighted by atomic mass is 9.77. The quantitative estimate of drug-likeness (QED) is 0.815. The van der Waals surface area contributed by atoms with E-state index in [2.05, 4.69) is 0 Å². The molecule has 7 nitrogen and oxygen atoms in total. The summed E-state index contributed by atoms with van der Waals surface area (Å²) in [6.07, 6.45) is 0.793. The maximum atomic E-state index is 11.9. The van der Waals surface area contributed by atoms with Gasteiger partial charge in [0.1, 0.15) is 0 Å². The standard InChI is InChI=1S/C21H20O7/c1-24-17-7-12(8-18(25-2)19(17)22)21-27-15-5-10-3-13-9-26-20(23)14(13)4-11(10)6-16(15)28-21/h5-8,13-14,21-22H,3-4,9H2,1-2H3. The molecule has 1 aliphatic carbocycles. The number of benzene rings is 2. The van der Waals surface area contributed by atoms with Crippen molar-refractivity contribution in [1.82, 2.24) is 0 Å². The number of phenols is 1. The van der Waals surface area contributed by atoms with E-state index in [-0.39, 0.29) is 35.1 Å². The van der Waals surface area contributed by atoms with Crippen molar-refractivity contribution in [2.75, 3.05) is 20.8 Å². The SMILES string of the molecule is COc1cc(C2Oc3cc4c(cc3O2)CC2C(=O)OCC2C4)cc(OC)c1O. The normalized spacial score (nSPS) is 24.4. The molecule has 5 rings (SSSR count). The number of cyclic esters (lactones) is 1. The maximum absolute atomic E-state index is 11.9. The average molecular weight is 384 g/mol. The highest BCUT2D eigenvalue weighted by Gasteiger charge is 2.41. The molecule has 1 N–H and O–H groups in total. The summed E-state index contributed by atoms with van der Waals surface area (Å²) in [5.74, 6) is 1.87. The third-order valence-corrected chi connectivity index (χ3v) is 5.74. The van der Waals surface area contributed by atoms with Crippen LogP contribution in [0, 0.1) is 11.8 Å². The molecule has 0 aromatic heterocycles. The van der Waals surface area contributed by atoms with Crippen molar-refractivity contribution in [2.45, 2.75) is 19.1 Å². The van der Waals surface area contributed by atoms with Gasteiger partial charge in [-0.1, -0.05) is 0 Å². The van der Waals surface area contributed by atoms with Gasteiger partial charge in [0.05, 0.1) is 26.7 Å². The van der Waals surface area contributed by atoms with Crippen LogP contribution in [-0.4, -0.2) is 31.9 Å². The van der Waals surface area contributed by atoms with E-state index in [1.165, 1.54) is 19.8 Å².